The second kappa shape index (κ2) is 9.16. The number of ketones is 1. The van der Waals surface area contributed by atoms with Crippen molar-refractivity contribution < 1.29 is 23.5 Å². The van der Waals surface area contributed by atoms with Crippen molar-refractivity contribution in [3.63, 3.8) is 0 Å². The molecule has 0 aliphatic rings. The van der Waals surface area contributed by atoms with Gasteiger partial charge in [-0.25, -0.2) is 4.39 Å². The van der Waals surface area contributed by atoms with Crippen molar-refractivity contribution in [3.05, 3.63) is 59.4 Å². The summed E-state index contributed by atoms with van der Waals surface area (Å²) in [7, 11) is 1.51. The number of ether oxygens (including phenoxy) is 2. The molecule has 1 amide bonds. The van der Waals surface area contributed by atoms with Gasteiger partial charge in [-0.1, -0.05) is 26.0 Å². The van der Waals surface area contributed by atoms with Crippen LogP contribution in [0.15, 0.2) is 42.5 Å². The zero-order valence-corrected chi connectivity index (χ0v) is 15.9. The van der Waals surface area contributed by atoms with Crippen LogP contribution in [0.3, 0.4) is 0 Å². The van der Waals surface area contributed by atoms with Crippen LogP contribution in [0.5, 0.6) is 11.5 Å². The number of amides is 1. The number of carbonyl (C=O) groups is 2. The van der Waals surface area contributed by atoms with Crippen molar-refractivity contribution in [1.82, 2.24) is 5.32 Å². The van der Waals surface area contributed by atoms with Crippen LogP contribution in [0.1, 0.15) is 42.7 Å². The Balaban J connectivity index is 2.08. The molecule has 2 aromatic carbocycles. The van der Waals surface area contributed by atoms with Gasteiger partial charge in [0, 0.05) is 6.07 Å². The monoisotopic (exact) mass is 373 g/mol. The highest BCUT2D eigenvalue weighted by molar-refractivity contribution is 5.97. The fourth-order valence-electron chi connectivity index (χ4n) is 2.70. The summed E-state index contributed by atoms with van der Waals surface area (Å²) < 4.78 is 23.8. The molecule has 0 aromatic heterocycles. The average molecular weight is 373 g/mol. The van der Waals surface area contributed by atoms with Gasteiger partial charge in [0.1, 0.15) is 17.3 Å². The van der Waals surface area contributed by atoms with Crippen LogP contribution in [-0.2, 0) is 4.79 Å². The molecular weight excluding hydrogens is 349 g/mol. The van der Waals surface area contributed by atoms with Crippen molar-refractivity contribution >= 4 is 11.7 Å². The second-order valence-electron chi connectivity index (χ2n) is 6.55. The summed E-state index contributed by atoms with van der Waals surface area (Å²) in [4.78, 5) is 24.1. The number of benzene rings is 2. The lowest BCUT2D eigenvalue weighted by Gasteiger charge is -2.23. The number of nitrogens with one attached hydrogen (secondary N) is 1. The first-order chi connectivity index (χ1) is 12.8. The largest absolute Gasteiger partial charge is 0.497 e. The first-order valence-electron chi connectivity index (χ1n) is 8.68. The van der Waals surface area contributed by atoms with Crippen LogP contribution in [0.25, 0.3) is 0 Å². The molecule has 0 heterocycles. The highest BCUT2D eigenvalue weighted by Gasteiger charge is 2.19. The molecular formula is C21H24FNO4. The standard InChI is InChI=1S/C21H24FNO4/c1-13(2)21(15-5-7-16(22)8-6-15)23-20(25)12-27-19-11-17(26-4)9-10-18(19)14(3)24/h5-11,13,21H,12H2,1-4H3,(H,23,25). The van der Waals surface area contributed by atoms with Crippen molar-refractivity contribution in [2.75, 3.05) is 13.7 Å². The zero-order chi connectivity index (χ0) is 20.0. The highest BCUT2D eigenvalue weighted by atomic mass is 19.1. The van der Waals surface area contributed by atoms with Crippen LogP contribution >= 0.6 is 0 Å². The van der Waals surface area contributed by atoms with E-state index in [1.165, 1.54) is 26.2 Å². The van der Waals surface area contributed by atoms with Gasteiger partial charge in [0.15, 0.2) is 12.4 Å². The molecule has 0 spiro atoms. The first-order valence-corrected chi connectivity index (χ1v) is 8.68. The van der Waals surface area contributed by atoms with Gasteiger partial charge in [0.25, 0.3) is 5.91 Å². The molecule has 5 nitrogen and oxygen atoms in total. The van der Waals surface area contributed by atoms with Gasteiger partial charge in [-0.05, 0) is 42.7 Å². The summed E-state index contributed by atoms with van der Waals surface area (Å²) in [5.74, 6) is 0.0890. The zero-order valence-electron chi connectivity index (χ0n) is 15.9. The van der Waals surface area contributed by atoms with Crippen molar-refractivity contribution in [2.45, 2.75) is 26.8 Å². The predicted molar refractivity (Wildman–Crippen MR) is 101 cm³/mol. The fourth-order valence-corrected chi connectivity index (χ4v) is 2.70. The number of Topliss-reactive ketones (excluding diaryl/α,β-unsaturated/α-hetero) is 1. The smallest absolute Gasteiger partial charge is 0.258 e. The SMILES string of the molecule is COc1ccc(C(C)=O)c(OCC(=O)NC(c2ccc(F)cc2)C(C)C)c1. The van der Waals surface area contributed by atoms with Gasteiger partial charge in [-0.2, -0.15) is 0 Å². The summed E-state index contributed by atoms with van der Waals surface area (Å²) in [6, 6.07) is 10.6. The van der Waals surface area contributed by atoms with Gasteiger partial charge in [-0.3, -0.25) is 9.59 Å². The molecule has 144 valence electrons. The van der Waals surface area contributed by atoms with E-state index in [1.807, 2.05) is 13.8 Å². The third-order valence-corrected chi connectivity index (χ3v) is 4.14. The van der Waals surface area contributed by atoms with E-state index in [0.717, 1.165) is 5.56 Å². The third-order valence-electron chi connectivity index (χ3n) is 4.14. The maximum absolute atomic E-state index is 13.1. The molecule has 0 aliphatic carbocycles. The van der Waals surface area contributed by atoms with Crippen LogP contribution in [0.4, 0.5) is 4.39 Å². The van der Waals surface area contributed by atoms with E-state index in [9.17, 15) is 14.0 Å². The fraction of sp³-hybridized carbons (Fsp3) is 0.333. The average Bonchev–Trinajstić information content (AvgIpc) is 2.64. The number of carbonyl (C=O) groups excluding carboxylic acids is 2. The van der Waals surface area contributed by atoms with Crippen molar-refractivity contribution in [3.8, 4) is 11.5 Å². The van der Waals surface area contributed by atoms with Gasteiger partial charge >= 0.3 is 0 Å². The molecule has 0 bridgehead atoms. The molecule has 1 N–H and O–H groups in total. The molecule has 0 aliphatic heterocycles. The molecule has 1 unspecified atom stereocenters. The number of halogens is 1. The van der Waals surface area contributed by atoms with Crippen LogP contribution in [0.2, 0.25) is 0 Å². The maximum atomic E-state index is 13.1. The van der Waals surface area contributed by atoms with Gasteiger partial charge < -0.3 is 14.8 Å². The van der Waals surface area contributed by atoms with Crippen LogP contribution in [0, 0.1) is 11.7 Å². The van der Waals surface area contributed by atoms with E-state index in [0.29, 0.717) is 17.1 Å². The Morgan fingerprint density at radius 3 is 2.33 bits per heavy atom. The molecule has 0 radical (unpaired) electrons. The maximum Gasteiger partial charge on any atom is 0.258 e. The molecule has 0 saturated carbocycles. The number of rotatable bonds is 8. The minimum absolute atomic E-state index is 0.101. The Kier molecular flexibility index (Phi) is 6.93. The topological polar surface area (TPSA) is 64.6 Å². The van der Waals surface area contributed by atoms with E-state index in [4.69, 9.17) is 9.47 Å². The number of methoxy groups -OCH3 is 1. The summed E-state index contributed by atoms with van der Waals surface area (Å²) in [6.07, 6.45) is 0. The number of hydrogen-bond acceptors (Lipinski definition) is 4. The highest BCUT2D eigenvalue weighted by Crippen LogP contribution is 2.26. The lowest BCUT2D eigenvalue weighted by Crippen LogP contribution is -2.35. The summed E-state index contributed by atoms with van der Waals surface area (Å²) >= 11 is 0. The Morgan fingerprint density at radius 2 is 1.78 bits per heavy atom. The molecule has 1 atom stereocenters. The Bertz CT molecular complexity index is 802. The van der Waals surface area contributed by atoms with E-state index in [2.05, 4.69) is 5.32 Å². The Morgan fingerprint density at radius 1 is 1.11 bits per heavy atom. The lowest BCUT2D eigenvalue weighted by molar-refractivity contribution is -0.124. The Hall–Kier alpha value is -2.89. The molecule has 0 saturated heterocycles. The summed E-state index contributed by atoms with van der Waals surface area (Å²) in [6.45, 7) is 5.10. The molecule has 6 heteroatoms. The van der Waals surface area contributed by atoms with Crippen LogP contribution in [-0.4, -0.2) is 25.4 Å². The minimum atomic E-state index is -0.338. The van der Waals surface area contributed by atoms with E-state index in [1.54, 1.807) is 30.3 Å². The quantitative estimate of drug-likeness (QED) is 0.712. The minimum Gasteiger partial charge on any atom is -0.497 e. The van der Waals surface area contributed by atoms with Crippen molar-refractivity contribution in [1.29, 1.82) is 0 Å². The molecule has 0 fully saturated rings. The van der Waals surface area contributed by atoms with E-state index in [-0.39, 0.29) is 36.1 Å². The van der Waals surface area contributed by atoms with Gasteiger partial charge in [0.2, 0.25) is 0 Å². The normalized spacial score (nSPS) is 11.8. The van der Waals surface area contributed by atoms with E-state index >= 15 is 0 Å². The van der Waals surface area contributed by atoms with Gasteiger partial charge in [0.05, 0.1) is 18.7 Å². The predicted octanol–water partition coefficient (Wildman–Crippen LogP) is 3.93. The van der Waals surface area contributed by atoms with E-state index < -0.39 is 0 Å². The first kappa shape index (κ1) is 20.4. The number of hydrogen-bond donors (Lipinski definition) is 1. The Labute approximate surface area is 158 Å². The second-order valence-corrected chi connectivity index (χ2v) is 6.55. The summed E-state index contributed by atoms with van der Waals surface area (Å²) in [5, 5.41) is 2.90. The molecule has 27 heavy (non-hydrogen) atoms. The third kappa shape index (κ3) is 5.54. The van der Waals surface area contributed by atoms with Gasteiger partial charge in [-0.15, -0.1) is 0 Å². The molecule has 2 rings (SSSR count). The molecule has 2 aromatic rings. The van der Waals surface area contributed by atoms with Crippen molar-refractivity contribution in [2.24, 2.45) is 5.92 Å². The van der Waals surface area contributed by atoms with Crippen LogP contribution < -0.4 is 14.8 Å². The lowest BCUT2D eigenvalue weighted by atomic mass is 9.96. The summed E-state index contributed by atoms with van der Waals surface area (Å²) in [5.41, 5.74) is 1.19.